The number of carboxylic acids is 1. The molecule has 2 amide bonds. The number of likely N-dealkylation sites (tertiary alicyclic amines) is 1. The van der Waals surface area contributed by atoms with Crippen LogP contribution in [0.5, 0.6) is 0 Å². The van der Waals surface area contributed by atoms with Gasteiger partial charge in [0.1, 0.15) is 0 Å². The molecule has 1 aromatic carbocycles. The average Bonchev–Trinajstić information content (AvgIpc) is 3.26. The monoisotopic (exact) mass is 316 g/mol. The molecular formula is C18H24N2O3. The molecule has 0 spiro atoms. The van der Waals surface area contributed by atoms with E-state index in [0.29, 0.717) is 32.0 Å². The van der Waals surface area contributed by atoms with Crippen molar-refractivity contribution in [3.8, 4) is 0 Å². The summed E-state index contributed by atoms with van der Waals surface area (Å²) in [5, 5.41) is 12.1. The molecule has 1 heterocycles. The smallest absolute Gasteiger partial charge is 0.317 e. The lowest BCUT2D eigenvalue weighted by Gasteiger charge is -2.31. The van der Waals surface area contributed by atoms with Gasteiger partial charge in [0.15, 0.2) is 0 Å². The molecule has 124 valence electrons. The molecule has 23 heavy (non-hydrogen) atoms. The number of carboxylic acid groups (broad SMARTS) is 1. The number of carbonyl (C=O) groups excluding carboxylic acids is 1. The molecule has 2 fully saturated rings. The van der Waals surface area contributed by atoms with Gasteiger partial charge in [0.25, 0.3) is 0 Å². The van der Waals surface area contributed by atoms with Crippen LogP contribution >= 0.6 is 0 Å². The van der Waals surface area contributed by atoms with Crippen LogP contribution in [-0.2, 0) is 4.79 Å². The van der Waals surface area contributed by atoms with E-state index in [2.05, 4.69) is 24.4 Å². The van der Waals surface area contributed by atoms with Crippen molar-refractivity contribution in [1.29, 1.82) is 0 Å². The Hall–Kier alpha value is -2.04. The van der Waals surface area contributed by atoms with Crippen LogP contribution in [0.2, 0.25) is 0 Å². The van der Waals surface area contributed by atoms with Gasteiger partial charge in [-0.1, -0.05) is 37.3 Å². The molecule has 1 aromatic rings. The van der Waals surface area contributed by atoms with Gasteiger partial charge in [-0.2, -0.15) is 0 Å². The lowest BCUT2D eigenvalue weighted by Crippen LogP contribution is -2.48. The Labute approximate surface area is 136 Å². The van der Waals surface area contributed by atoms with Gasteiger partial charge in [0.2, 0.25) is 0 Å². The van der Waals surface area contributed by atoms with Crippen molar-refractivity contribution in [1.82, 2.24) is 10.2 Å². The summed E-state index contributed by atoms with van der Waals surface area (Å²) < 4.78 is 0. The summed E-state index contributed by atoms with van der Waals surface area (Å²) in [7, 11) is 0. The first-order valence-corrected chi connectivity index (χ1v) is 8.30. The lowest BCUT2D eigenvalue weighted by molar-refractivity contribution is -0.143. The molecule has 1 aliphatic carbocycles. The summed E-state index contributed by atoms with van der Waals surface area (Å²) in [5.74, 6) is -0.735. The zero-order valence-corrected chi connectivity index (χ0v) is 13.5. The Morgan fingerprint density at radius 1 is 1.35 bits per heavy atom. The quantitative estimate of drug-likeness (QED) is 0.897. The summed E-state index contributed by atoms with van der Waals surface area (Å²) in [5.41, 5.74) is 1.44. The summed E-state index contributed by atoms with van der Waals surface area (Å²) in [6.07, 6.45) is 2.50. The number of hydrogen-bond donors (Lipinski definition) is 2. The Kier molecular flexibility index (Phi) is 4.28. The Bertz CT molecular complexity index is 589. The highest BCUT2D eigenvalue weighted by atomic mass is 16.4. The largest absolute Gasteiger partial charge is 0.481 e. The Morgan fingerprint density at radius 2 is 2.09 bits per heavy atom. The molecule has 2 N–H and O–H groups in total. The van der Waals surface area contributed by atoms with E-state index in [4.69, 9.17) is 5.11 Å². The normalized spacial score (nSPS) is 29.9. The molecule has 1 unspecified atom stereocenters. The van der Waals surface area contributed by atoms with Crippen molar-refractivity contribution in [2.45, 2.75) is 32.1 Å². The van der Waals surface area contributed by atoms with E-state index in [9.17, 15) is 9.59 Å². The highest BCUT2D eigenvalue weighted by Crippen LogP contribution is 2.58. The van der Waals surface area contributed by atoms with Crippen molar-refractivity contribution in [2.75, 3.05) is 19.6 Å². The lowest BCUT2D eigenvalue weighted by atomic mass is 9.98. The fraction of sp³-hybridized carbons (Fsp3) is 0.556. The number of carbonyl (C=O) groups is 2. The number of benzene rings is 1. The van der Waals surface area contributed by atoms with Gasteiger partial charge in [-0.05, 0) is 36.2 Å². The number of aliphatic carboxylic acids is 1. The van der Waals surface area contributed by atoms with Crippen LogP contribution in [0.4, 0.5) is 4.79 Å². The second-order valence-electron chi connectivity index (χ2n) is 7.10. The van der Waals surface area contributed by atoms with Crippen molar-refractivity contribution in [3.63, 3.8) is 0 Å². The maximum absolute atomic E-state index is 12.3. The van der Waals surface area contributed by atoms with Crippen LogP contribution in [-0.4, -0.2) is 41.6 Å². The fourth-order valence-electron chi connectivity index (χ4n) is 3.56. The molecule has 0 radical (unpaired) electrons. The van der Waals surface area contributed by atoms with Crippen molar-refractivity contribution in [2.24, 2.45) is 11.3 Å². The van der Waals surface area contributed by atoms with Gasteiger partial charge in [0, 0.05) is 19.6 Å². The zero-order valence-electron chi connectivity index (χ0n) is 13.5. The Morgan fingerprint density at radius 3 is 2.78 bits per heavy atom. The number of amides is 2. The second-order valence-corrected chi connectivity index (χ2v) is 7.10. The maximum Gasteiger partial charge on any atom is 0.317 e. The van der Waals surface area contributed by atoms with Crippen molar-refractivity contribution in [3.05, 3.63) is 35.9 Å². The van der Waals surface area contributed by atoms with Gasteiger partial charge < -0.3 is 15.3 Å². The van der Waals surface area contributed by atoms with Crippen molar-refractivity contribution < 1.29 is 14.7 Å². The first-order chi connectivity index (χ1) is 11.0. The van der Waals surface area contributed by atoms with Crippen LogP contribution in [0.1, 0.15) is 37.7 Å². The molecule has 5 heteroatoms. The van der Waals surface area contributed by atoms with Gasteiger partial charge >= 0.3 is 12.0 Å². The highest BCUT2D eigenvalue weighted by molar-refractivity contribution is 5.76. The molecule has 0 bridgehead atoms. The van der Waals surface area contributed by atoms with Crippen LogP contribution in [0, 0.1) is 11.3 Å². The van der Waals surface area contributed by atoms with Crippen molar-refractivity contribution >= 4 is 12.0 Å². The fourth-order valence-corrected chi connectivity index (χ4v) is 3.56. The van der Waals surface area contributed by atoms with Crippen LogP contribution in [0.25, 0.3) is 0 Å². The third kappa shape index (κ3) is 3.49. The zero-order chi connectivity index (χ0) is 16.4. The number of hydrogen-bond acceptors (Lipinski definition) is 2. The summed E-state index contributed by atoms with van der Waals surface area (Å²) in [6, 6.07) is 10.3. The van der Waals surface area contributed by atoms with E-state index in [0.717, 1.165) is 12.8 Å². The minimum absolute atomic E-state index is 0.110. The molecule has 5 nitrogen and oxygen atoms in total. The predicted octanol–water partition coefficient (Wildman–Crippen LogP) is 2.69. The average molecular weight is 316 g/mol. The van der Waals surface area contributed by atoms with Crippen LogP contribution in [0.3, 0.4) is 0 Å². The van der Waals surface area contributed by atoms with E-state index in [1.807, 2.05) is 18.2 Å². The summed E-state index contributed by atoms with van der Waals surface area (Å²) in [4.78, 5) is 25.0. The first kappa shape index (κ1) is 15.8. The molecule has 1 saturated carbocycles. The number of nitrogens with one attached hydrogen (secondary N) is 1. The van der Waals surface area contributed by atoms with Crippen LogP contribution < -0.4 is 5.32 Å². The van der Waals surface area contributed by atoms with E-state index >= 15 is 0 Å². The van der Waals surface area contributed by atoms with E-state index in [-0.39, 0.29) is 11.4 Å². The summed E-state index contributed by atoms with van der Waals surface area (Å²) >= 11 is 0. The molecular weight excluding hydrogens is 292 g/mol. The molecule has 3 rings (SSSR count). The second kappa shape index (κ2) is 6.22. The molecule has 0 aromatic heterocycles. The Balaban J connectivity index is 1.51. The molecule has 2 aliphatic rings. The van der Waals surface area contributed by atoms with E-state index in [1.54, 1.807) is 4.90 Å². The maximum atomic E-state index is 12.3. The van der Waals surface area contributed by atoms with Gasteiger partial charge in [0.05, 0.1) is 5.92 Å². The third-order valence-corrected chi connectivity index (χ3v) is 5.25. The minimum Gasteiger partial charge on any atom is -0.481 e. The first-order valence-electron chi connectivity index (χ1n) is 8.30. The van der Waals surface area contributed by atoms with E-state index < -0.39 is 11.9 Å². The van der Waals surface area contributed by atoms with Gasteiger partial charge in [-0.15, -0.1) is 0 Å². The minimum atomic E-state index is -0.805. The SMILES string of the molecule is C[C@@]1(CNC(=O)N2CCCC(C(=O)O)C2)C[C@H]1c1ccccc1. The molecule has 1 saturated heterocycles. The number of rotatable bonds is 4. The molecule has 1 aliphatic heterocycles. The van der Waals surface area contributed by atoms with Gasteiger partial charge in [-0.3, -0.25) is 4.79 Å². The predicted molar refractivity (Wildman–Crippen MR) is 87.2 cm³/mol. The highest BCUT2D eigenvalue weighted by Gasteiger charge is 2.50. The standard InChI is InChI=1S/C18H24N2O3/c1-18(10-15(18)13-6-3-2-4-7-13)12-19-17(23)20-9-5-8-14(11-20)16(21)22/h2-4,6-7,14-15H,5,8-12H2,1H3,(H,19,23)(H,21,22)/t14?,15-,18-/m0/s1. The topological polar surface area (TPSA) is 69.6 Å². The number of nitrogens with zero attached hydrogens (tertiary/aromatic N) is 1. The van der Waals surface area contributed by atoms with E-state index in [1.165, 1.54) is 5.56 Å². The summed E-state index contributed by atoms with van der Waals surface area (Å²) in [6.45, 7) is 3.80. The van der Waals surface area contributed by atoms with Gasteiger partial charge in [-0.25, -0.2) is 4.79 Å². The molecule has 3 atom stereocenters. The number of urea groups is 1. The number of piperidine rings is 1. The van der Waals surface area contributed by atoms with Crippen LogP contribution in [0.15, 0.2) is 30.3 Å². The third-order valence-electron chi connectivity index (χ3n) is 5.25.